The average Bonchev–Trinajstić information content (AvgIpc) is 2.07. The highest BCUT2D eigenvalue weighted by molar-refractivity contribution is 4.88. The number of hydrogen-bond acceptors (Lipinski definition) is 3. The fraction of sp³-hybridized carbons (Fsp3) is 1.00. The van der Waals surface area contributed by atoms with Crippen molar-refractivity contribution in [1.82, 2.24) is 4.90 Å². The van der Waals surface area contributed by atoms with Crippen molar-refractivity contribution < 1.29 is 4.84 Å². The number of likely N-dealkylation sites (tertiary alicyclic amines) is 1. The lowest BCUT2D eigenvalue weighted by Gasteiger charge is -2.17. The summed E-state index contributed by atoms with van der Waals surface area (Å²) in [6, 6.07) is 0.509. The van der Waals surface area contributed by atoms with E-state index in [-0.39, 0.29) is 0 Å². The molecule has 0 radical (unpaired) electrons. The fourth-order valence-electron chi connectivity index (χ4n) is 1.96. The van der Waals surface area contributed by atoms with E-state index in [0.29, 0.717) is 18.1 Å². The van der Waals surface area contributed by atoms with E-state index < -0.39 is 0 Å². The van der Waals surface area contributed by atoms with Crippen LogP contribution in [0.15, 0.2) is 0 Å². The van der Waals surface area contributed by atoms with Crippen molar-refractivity contribution in [2.75, 3.05) is 20.2 Å². The minimum Gasteiger partial charge on any atom is -0.303 e. The van der Waals surface area contributed by atoms with Crippen molar-refractivity contribution >= 4 is 0 Å². The van der Waals surface area contributed by atoms with Crippen LogP contribution in [0.4, 0.5) is 0 Å². The first-order valence-electron chi connectivity index (χ1n) is 4.07. The van der Waals surface area contributed by atoms with Crippen molar-refractivity contribution in [3.05, 3.63) is 0 Å². The molecule has 0 saturated carbocycles. The van der Waals surface area contributed by atoms with Gasteiger partial charge in [-0.25, -0.2) is 5.90 Å². The number of rotatable bonds is 2. The zero-order chi connectivity index (χ0) is 8.48. The molecule has 0 spiro atoms. The summed E-state index contributed by atoms with van der Waals surface area (Å²) in [6.07, 6.45) is 1.18. The molecule has 0 aromatic heterocycles. The van der Waals surface area contributed by atoms with Gasteiger partial charge in [0.15, 0.2) is 0 Å². The van der Waals surface area contributed by atoms with E-state index in [0.717, 1.165) is 6.54 Å². The van der Waals surface area contributed by atoms with Crippen LogP contribution >= 0.6 is 0 Å². The predicted molar refractivity (Wildman–Crippen MR) is 45.0 cm³/mol. The van der Waals surface area contributed by atoms with Gasteiger partial charge in [0.2, 0.25) is 0 Å². The van der Waals surface area contributed by atoms with Crippen LogP contribution in [0.5, 0.6) is 0 Å². The Hall–Kier alpha value is -0.120. The highest BCUT2D eigenvalue weighted by Crippen LogP contribution is 2.32. The monoisotopic (exact) mass is 158 g/mol. The molecule has 11 heavy (non-hydrogen) atoms. The Bertz CT molecular complexity index is 136. The van der Waals surface area contributed by atoms with E-state index in [1.807, 2.05) is 0 Å². The summed E-state index contributed by atoms with van der Waals surface area (Å²) in [5.74, 6) is 5.03. The van der Waals surface area contributed by atoms with Gasteiger partial charge >= 0.3 is 0 Å². The van der Waals surface area contributed by atoms with Crippen LogP contribution in [-0.2, 0) is 4.84 Å². The van der Waals surface area contributed by atoms with Crippen LogP contribution in [0.3, 0.4) is 0 Å². The van der Waals surface area contributed by atoms with Crippen LogP contribution < -0.4 is 5.90 Å². The summed E-state index contributed by atoms with van der Waals surface area (Å²) in [7, 11) is 2.12. The Morgan fingerprint density at radius 1 is 1.64 bits per heavy atom. The number of likely N-dealkylation sites (N-methyl/N-ethyl adjacent to an activating group) is 1. The summed E-state index contributed by atoms with van der Waals surface area (Å²) in [5, 5.41) is 0. The van der Waals surface area contributed by atoms with Gasteiger partial charge < -0.3 is 9.74 Å². The minimum atomic E-state index is 0.429. The van der Waals surface area contributed by atoms with Crippen LogP contribution in [0, 0.1) is 5.41 Å². The predicted octanol–water partition coefficient (Wildman–Crippen LogP) is 0.607. The van der Waals surface area contributed by atoms with Gasteiger partial charge in [-0.15, -0.1) is 0 Å². The maximum atomic E-state index is 5.03. The first kappa shape index (κ1) is 8.97. The maximum Gasteiger partial charge on any atom is 0.0834 e. The SMILES string of the molecule is CN1CC(C)(C)CC1CON. The van der Waals surface area contributed by atoms with Gasteiger partial charge in [0, 0.05) is 12.6 Å². The van der Waals surface area contributed by atoms with Crippen molar-refractivity contribution in [3.63, 3.8) is 0 Å². The topological polar surface area (TPSA) is 38.5 Å². The van der Waals surface area contributed by atoms with Crippen molar-refractivity contribution in [2.24, 2.45) is 11.3 Å². The lowest BCUT2D eigenvalue weighted by Crippen LogP contribution is -2.30. The second-order valence-electron chi connectivity index (χ2n) is 4.27. The Morgan fingerprint density at radius 2 is 2.27 bits per heavy atom. The molecule has 3 nitrogen and oxygen atoms in total. The molecular weight excluding hydrogens is 140 g/mol. The molecule has 1 saturated heterocycles. The van der Waals surface area contributed by atoms with E-state index in [9.17, 15) is 0 Å². The van der Waals surface area contributed by atoms with Crippen LogP contribution in [-0.4, -0.2) is 31.1 Å². The van der Waals surface area contributed by atoms with Crippen LogP contribution in [0.25, 0.3) is 0 Å². The molecule has 1 atom stereocenters. The molecule has 0 bridgehead atoms. The van der Waals surface area contributed by atoms with Crippen LogP contribution in [0.1, 0.15) is 20.3 Å². The van der Waals surface area contributed by atoms with Gasteiger partial charge in [0.05, 0.1) is 6.61 Å². The number of nitrogens with zero attached hydrogens (tertiary/aromatic N) is 1. The van der Waals surface area contributed by atoms with E-state index >= 15 is 0 Å². The normalized spacial score (nSPS) is 31.1. The first-order valence-corrected chi connectivity index (χ1v) is 4.07. The van der Waals surface area contributed by atoms with E-state index in [4.69, 9.17) is 5.90 Å². The average molecular weight is 158 g/mol. The first-order chi connectivity index (χ1) is 5.05. The van der Waals surface area contributed by atoms with Gasteiger partial charge in [-0.3, -0.25) is 0 Å². The second kappa shape index (κ2) is 3.09. The summed E-state index contributed by atoms with van der Waals surface area (Å²) < 4.78 is 0. The molecule has 66 valence electrons. The zero-order valence-corrected chi connectivity index (χ0v) is 7.63. The third-order valence-corrected chi connectivity index (χ3v) is 2.38. The molecule has 0 aromatic rings. The summed E-state index contributed by atoms with van der Waals surface area (Å²) >= 11 is 0. The smallest absolute Gasteiger partial charge is 0.0834 e. The molecule has 0 aromatic carbocycles. The Kier molecular flexibility index (Phi) is 2.52. The molecule has 3 heteroatoms. The highest BCUT2D eigenvalue weighted by Gasteiger charge is 2.34. The lowest BCUT2D eigenvalue weighted by atomic mass is 9.91. The van der Waals surface area contributed by atoms with E-state index in [1.165, 1.54) is 6.42 Å². The van der Waals surface area contributed by atoms with Crippen molar-refractivity contribution in [3.8, 4) is 0 Å². The van der Waals surface area contributed by atoms with Gasteiger partial charge in [0.25, 0.3) is 0 Å². The minimum absolute atomic E-state index is 0.429. The Labute approximate surface area is 68.5 Å². The van der Waals surface area contributed by atoms with Crippen LogP contribution in [0.2, 0.25) is 0 Å². The quantitative estimate of drug-likeness (QED) is 0.598. The van der Waals surface area contributed by atoms with Gasteiger partial charge in [-0.05, 0) is 18.9 Å². The van der Waals surface area contributed by atoms with Crippen molar-refractivity contribution in [2.45, 2.75) is 26.3 Å². The number of nitrogens with two attached hydrogens (primary N) is 1. The van der Waals surface area contributed by atoms with Gasteiger partial charge in [0.1, 0.15) is 0 Å². The zero-order valence-electron chi connectivity index (χ0n) is 7.63. The highest BCUT2D eigenvalue weighted by atomic mass is 16.6. The van der Waals surface area contributed by atoms with Gasteiger partial charge in [-0.2, -0.15) is 0 Å². The molecule has 1 rings (SSSR count). The summed E-state index contributed by atoms with van der Waals surface area (Å²) in [4.78, 5) is 6.96. The standard InChI is InChI=1S/C8H18N2O/c1-8(2)4-7(5-11-9)10(3)6-8/h7H,4-6,9H2,1-3H3. The van der Waals surface area contributed by atoms with E-state index in [1.54, 1.807) is 0 Å². The van der Waals surface area contributed by atoms with Gasteiger partial charge in [-0.1, -0.05) is 13.8 Å². The molecule has 1 aliphatic rings. The molecule has 1 aliphatic heterocycles. The Morgan fingerprint density at radius 3 is 2.64 bits per heavy atom. The summed E-state index contributed by atoms with van der Waals surface area (Å²) in [5.41, 5.74) is 0.429. The molecule has 2 N–H and O–H groups in total. The molecule has 1 fully saturated rings. The summed E-state index contributed by atoms with van der Waals surface area (Å²) in [6.45, 7) is 6.35. The molecule has 1 unspecified atom stereocenters. The second-order valence-corrected chi connectivity index (χ2v) is 4.27. The molecular formula is C8H18N2O. The maximum absolute atomic E-state index is 5.03. The fourth-order valence-corrected chi connectivity index (χ4v) is 1.96. The molecule has 0 amide bonds. The number of hydrogen-bond donors (Lipinski definition) is 1. The molecule has 0 aliphatic carbocycles. The lowest BCUT2D eigenvalue weighted by molar-refractivity contribution is 0.0869. The molecule has 1 heterocycles. The largest absolute Gasteiger partial charge is 0.303 e. The Balaban J connectivity index is 2.45. The third-order valence-electron chi connectivity index (χ3n) is 2.38. The van der Waals surface area contributed by atoms with E-state index in [2.05, 4.69) is 30.6 Å². The third kappa shape index (κ3) is 2.15. The van der Waals surface area contributed by atoms with Crippen molar-refractivity contribution in [1.29, 1.82) is 0 Å².